The van der Waals surface area contributed by atoms with Crippen molar-refractivity contribution in [2.75, 3.05) is 26.8 Å². The predicted octanol–water partition coefficient (Wildman–Crippen LogP) is 1.54. The van der Waals surface area contributed by atoms with Gasteiger partial charge in [-0.3, -0.25) is 4.79 Å². The molecule has 2 heterocycles. The molecule has 3 rings (SSSR count). The molecule has 0 bridgehead atoms. The number of aryl methyl sites for hydroxylation is 1. The first-order chi connectivity index (χ1) is 9.70. The third-order valence-electron chi connectivity index (χ3n) is 3.97. The Labute approximate surface area is 118 Å². The summed E-state index contributed by atoms with van der Waals surface area (Å²) in [6.45, 7) is 1.98. The van der Waals surface area contributed by atoms with Crippen LogP contribution in [-0.2, 0) is 16.6 Å². The van der Waals surface area contributed by atoms with Gasteiger partial charge in [0.2, 0.25) is 5.91 Å². The van der Waals surface area contributed by atoms with Gasteiger partial charge in [0.15, 0.2) is 0 Å². The van der Waals surface area contributed by atoms with Crippen LogP contribution in [0.25, 0.3) is 11.0 Å². The molecular weight excluding hydrogens is 254 g/mol. The lowest BCUT2D eigenvalue weighted by atomic mass is 10.1. The highest BCUT2D eigenvalue weighted by molar-refractivity contribution is 5.80. The Kier molecular flexibility index (Phi) is 3.44. The molecule has 106 valence electrons. The second kappa shape index (κ2) is 5.25. The first kappa shape index (κ1) is 13.1. The van der Waals surface area contributed by atoms with Crippen LogP contribution in [0.5, 0.6) is 0 Å². The number of ether oxygens (including phenoxy) is 1. The molecule has 20 heavy (non-hydrogen) atoms. The lowest BCUT2D eigenvalue weighted by Gasteiger charge is -2.15. The highest BCUT2D eigenvalue weighted by atomic mass is 16.5. The predicted molar refractivity (Wildman–Crippen MR) is 76.5 cm³/mol. The summed E-state index contributed by atoms with van der Waals surface area (Å²) in [6.07, 6.45) is 0.543. The number of methoxy groups -OCH3 is 1. The Morgan fingerprint density at radius 2 is 2.20 bits per heavy atom. The number of carbonyl (C=O) groups excluding carboxylic acids is 1. The number of fused-ring (bicyclic) bond motifs is 1. The SMILES string of the molecule is COCCN1C[C@H](c2nc3ccccc3n2C)CC1=O. The summed E-state index contributed by atoms with van der Waals surface area (Å²) in [4.78, 5) is 18.6. The maximum absolute atomic E-state index is 12.0. The van der Waals surface area contributed by atoms with Gasteiger partial charge < -0.3 is 14.2 Å². The topological polar surface area (TPSA) is 47.4 Å². The Bertz CT molecular complexity index is 635. The van der Waals surface area contributed by atoms with Crippen LogP contribution in [0.3, 0.4) is 0 Å². The van der Waals surface area contributed by atoms with E-state index in [1.165, 1.54) is 0 Å². The van der Waals surface area contributed by atoms with Crippen LogP contribution in [-0.4, -0.2) is 47.2 Å². The van der Waals surface area contributed by atoms with Gasteiger partial charge in [0, 0.05) is 39.6 Å². The van der Waals surface area contributed by atoms with Crippen molar-refractivity contribution in [2.45, 2.75) is 12.3 Å². The van der Waals surface area contributed by atoms with Crippen molar-refractivity contribution in [3.05, 3.63) is 30.1 Å². The number of para-hydroxylation sites is 2. The number of nitrogens with zero attached hydrogens (tertiary/aromatic N) is 3. The molecule has 1 aromatic carbocycles. The van der Waals surface area contributed by atoms with Gasteiger partial charge in [-0.15, -0.1) is 0 Å². The molecule has 1 saturated heterocycles. The van der Waals surface area contributed by atoms with Crippen molar-refractivity contribution in [3.8, 4) is 0 Å². The summed E-state index contributed by atoms with van der Waals surface area (Å²) in [7, 11) is 3.68. The quantitative estimate of drug-likeness (QED) is 0.849. The number of rotatable bonds is 4. The number of carbonyl (C=O) groups is 1. The minimum absolute atomic E-state index is 0.178. The number of aromatic nitrogens is 2. The summed E-state index contributed by atoms with van der Waals surface area (Å²) < 4.78 is 7.15. The summed E-state index contributed by atoms with van der Waals surface area (Å²) in [5, 5.41) is 0. The van der Waals surface area contributed by atoms with Crippen LogP contribution in [0.1, 0.15) is 18.2 Å². The van der Waals surface area contributed by atoms with Crippen molar-refractivity contribution in [2.24, 2.45) is 7.05 Å². The molecule has 1 atom stereocenters. The van der Waals surface area contributed by atoms with Gasteiger partial charge in [0.05, 0.1) is 17.6 Å². The fraction of sp³-hybridized carbons (Fsp3) is 0.467. The molecule has 2 aromatic rings. The van der Waals surface area contributed by atoms with Crippen molar-refractivity contribution in [3.63, 3.8) is 0 Å². The van der Waals surface area contributed by atoms with E-state index in [-0.39, 0.29) is 11.8 Å². The van der Waals surface area contributed by atoms with E-state index in [4.69, 9.17) is 9.72 Å². The molecule has 0 unspecified atom stereocenters. The fourth-order valence-corrected chi connectivity index (χ4v) is 2.89. The summed E-state index contributed by atoms with van der Waals surface area (Å²) >= 11 is 0. The molecule has 0 spiro atoms. The first-order valence-corrected chi connectivity index (χ1v) is 6.88. The molecule has 0 N–H and O–H groups in total. The molecule has 0 radical (unpaired) electrons. The number of hydrogen-bond donors (Lipinski definition) is 0. The Morgan fingerprint density at radius 1 is 1.40 bits per heavy atom. The smallest absolute Gasteiger partial charge is 0.223 e. The van der Waals surface area contributed by atoms with Gasteiger partial charge >= 0.3 is 0 Å². The van der Waals surface area contributed by atoms with Crippen LogP contribution in [0.15, 0.2) is 24.3 Å². The maximum Gasteiger partial charge on any atom is 0.223 e. The van der Waals surface area contributed by atoms with Gasteiger partial charge in [-0.25, -0.2) is 4.98 Å². The zero-order chi connectivity index (χ0) is 14.1. The van der Waals surface area contributed by atoms with E-state index < -0.39 is 0 Å². The first-order valence-electron chi connectivity index (χ1n) is 6.88. The Balaban J connectivity index is 1.85. The fourth-order valence-electron chi connectivity index (χ4n) is 2.89. The molecule has 1 aliphatic rings. The molecule has 5 nitrogen and oxygen atoms in total. The van der Waals surface area contributed by atoms with Crippen LogP contribution >= 0.6 is 0 Å². The Hall–Kier alpha value is -1.88. The largest absolute Gasteiger partial charge is 0.383 e. The molecule has 1 fully saturated rings. The monoisotopic (exact) mass is 273 g/mol. The van der Waals surface area contributed by atoms with E-state index in [9.17, 15) is 4.79 Å². The van der Waals surface area contributed by atoms with Gasteiger partial charge in [0.1, 0.15) is 5.82 Å². The minimum atomic E-state index is 0.178. The molecule has 1 amide bonds. The molecule has 0 aliphatic carbocycles. The van der Waals surface area contributed by atoms with Crippen molar-refractivity contribution >= 4 is 16.9 Å². The van der Waals surface area contributed by atoms with Crippen molar-refractivity contribution in [1.29, 1.82) is 0 Å². The molecule has 5 heteroatoms. The minimum Gasteiger partial charge on any atom is -0.383 e. The number of hydrogen-bond acceptors (Lipinski definition) is 3. The lowest BCUT2D eigenvalue weighted by molar-refractivity contribution is -0.128. The third kappa shape index (κ3) is 2.18. The van der Waals surface area contributed by atoms with Gasteiger partial charge in [0.25, 0.3) is 0 Å². The average molecular weight is 273 g/mol. The van der Waals surface area contributed by atoms with E-state index >= 15 is 0 Å². The van der Waals surface area contributed by atoms with E-state index in [1.54, 1.807) is 7.11 Å². The molecule has 0 saturated carbocycles. The number of benzene rings is 1. The van der Waals surface area contributed by atoms with Crippen LogP contribution in [0.2, 0.25) is 0 Å². The van der Waals surface area contributed by atoms with Crippen LogP contribution < -0.4 is 0 Å². The normalized spacial score (nSPS) is 19.2. The van der Waals surface area contributed by atoms with Gasteiger partial charge in [-0.1, -0.05) is 12.1 Å². The highest BCUT2D eigenvalue weighted by Crippen LogP contribution is 2.29. The molecule has 1 aromatic heterocycles. The average Bonchev–Trinajstić information content (AvgIpc) is 2.98. The van der Waals surface area contributed by atoms with E-state index in [0.717, 1.165) is 23.4 Å². The standard InChI is InChI=1S/C15H19N3O2/c1-17-13-6-4-3-5-12(13)16-15(17)11-9-14(19)18(10-11)7-8-20-2/h3-6,11H,7-10H2,1-2H3/t11-/m1/s1. The molecule has 1 aliphatic heterocycles. The summed E-state index contributed by atoms with van der Waals surface area (Å²) in [6, 6.07) is 8.08. The Morgan fingerprint density at radius 3 is 2.95 bits per heavy atom. The zero-order valence-electron chi connectivity index (χ0n) is 11.9. The van der Waals surface area contributed by atoms with Crippen LogP contribution in [0, 0.1) is 0 Å². The molecular formula is C15H19N3O2. The zero-order valence-corrected chi connectivity index (χ0v) is 11.9. The van der Waals surface area contributed by atoms with E-state index in [0.29, 0.717) is 19.6 Å². The maximum atomic E-state index is 12.0. The number of likely N-dealkylation sites (tertiary alicyclic amines) is 1. The second-order valence-corrected chi connectivity index (χ2v) is 5.25. The highest BCUT2D eigenvalue weighted by Gasteiger charge is 2.33. The number of imidazole rings is 1. The van der Waals surface area contributed by atoms with Crippen molar-refractivity contribution < 1.29 is 9.53 Å². The number of amides is 1. The van der Waals surface area contributed by atoms with Crippen molar-refractivity contribution in [1.82, 2.24) is 14.5 Å². The third-order valence-corrected chi connectivity index (χ3v) is 3.97. The van der Waals surface area contributed by atoms with E-state index in [2.05, 4.69) is 10.6 Å². The second-order valence-electron chi connectivity index (χ2n) is 5.25. The van der Waals surface area contributed by atoms with Gasteiger partial charge in [-0.05, 0) is 12.1 Å². The summed E-state index contributed by atoms with van der Waals surface area (Å²) in [5.74, 6) is 1.37. The van der Waals surface area contributed by atoms with Crippen LogP contribution in [0.4, 0.5) is 0 Å². The lowest BCUT2D eigenvalue weighted by Crippen LogP contribution is -2.28. The van der Waals surface area contributed by atoms with Gasteiger partial charge in [-0.2, -0.15) is 0 Å². The van der Waals surface area contributed by atoms with E-state index in [1.807, 2.05) is 30.1 Å². The summed E-state index contributed by atoms with van der Waals surface area (Å²) in [5.41, 5.74) is 2.11.